The van der Waals surface area contributed by atoms with Crippen molar-refractivity contribution in [1.82, 2.24) is 4.90 Å². The molecule has 0 N–H and O–H groups in total. The van der Waals surface area contributed by atoms with Crippen LogP contribution in [-0.4, -0.2) is 51.1 Å². The minimum atomic E-state index is -0.185. The molecule has 2 aromatic rings. The van der Waals surface area contributed by atoms with Crippen LogP contribution >= 0.6 is 0 Å². The van der Waals surface area contributed by atoms with Gasteiger partial charge in [0.15, 0.2) is 0 Å². The van der Waals surface area contributed by atoms with E-state index in [9.17, 15) is 4.79 Å². The van der Waals surface area contributed by atoms with Crippen molar-refractivity contribution < 1.29 is 4.79 Å². The Balaban J connectivity index is 1.78. The van der Waals surface area contributed by atoms with E-state index >= 15 is 0 Å². The SMILES string of the molecule is CN(C)CCN1CCN(C(=O)CC(C)(C)c2ccccc2)c2ccccc21. The summed E-state index contributed by atoms with van der Waals surface area (Å²) in [4.78, 5) is 19.8. The number of likely N-dealkylation sites (N-methyl/N-ethyl adjacent to an activating group) is 1. The predicted octanol–water partition coefficient (Wildman–Crippen LogP) is 3.77. The average Bonchev–Trinajstić information content (AvgIpc) is 2.66. The Morgan fingerprint density at radius 2 is 1.59 bits per heavy atom. The number of amides is 1. The number of para-hydroxylation sites is 2. The number of hydrogen-bond acceptors (Lipinski definition) is 3. The fourth-order valence-electron chi connectivity index (χ4n) is 3.70. The first kappa shape index (κ1) is 19.4. The van der Waals surface area contributed by atoms with Crippen LogP contribution in [0.4, 0.5) is 11.4 Å². The van der Waals surface area contributed by atoms with Crippen LogP contribution in [0.2, 0.25) is 0 Å². The lowest BCUT2D eigenvalue weighted by Gasteiger charge is -2.39. The van der Waals surface area contributed by atoms with Crippen LogP contribution in [0.5, 0.6) is 0 Å². The van der Waals surface area contributed by atoms with Crippen molar-refractivity contribution in [3.8, 4) is 0 Å². The van der Waals surface area contributed by atoms with E-state index in [1.807, 2.05) is 29.2 Å². The first-order valence-corrected chi connectivity index (χ1v) is 9.73. The van der Waals surface area contributed by atoms with Crippen molar-refractivity contribution in [3.05, 3.63) is 60.2 Å². The minimum Gasteiger partial charge on any atom is -0.367 e. The number of fused-ring (bicyclic) bond motifs is 1. The fraction of sp³-hybridized carbons (Fsp3) is 0.435. The second kappa shape index (κ2) is 8.13. The van der Waals surface area contributed by atoms with E-state index in [1.165, 1.54) is 5.56 Å². The van der Waals surface area contributed by atoms with Crippen LogP contribution in [0.3, 0.4) is 0 Å². The third kappa shape index (κ3) is 4.51. The molecule has 144 valence electrons. The van der Waals surface area contributed by atoms with Gasteiger partial charge in [-0.05, 0) is 37.2 Å². The van der Waals surface area contributed by atoms with Gasteiger partial charge in [0.2, 0.25) is 5.91 Å². The van der Waals surface area contributed by atoms with Gasteiger partial charge in [-0.1, -0.05) is 56.3 Å². The normalized spacial score (nSPS) is 14.4. The second-order valence-electron chi connectivity index (χ2n) is 8.25. The van der Waals surface area contributed by atoms with Crippen molar-refractivity contribution in [2.24, 2.45) is 0 Å². The summed E-state index contributed by atoms with van der Waals surface area (Å²) in [6.45, 7) is 7.90. The lowest BCUT2D eigenvalue weighted by molar-refractivity contribution is -0.119. The van der Waals surface area contributed by atoms with E-state index in [0.717, 1.165) is 37.6 Å². The summed E-state index contributed by atoms with van der Waals surface area (Å²) in [7, 11) is 4.19. The summed E-state index contributed by atoms with van der Waals surface area (Å²) < 4.78 is 0. The molecule has 0 unspecified atom stereocenters. The highest BCUT2D eigenvalue weighted by Gasteiger charge is 2.31. The van der Waals surface area contributed by atoms with E-state index in [-0.39, 0.29) is 11.3 Å². The summed E-state index contributed by atoms with van der Waals surface area (Å²) in [6.07, 6.45) is 0.503. The zero-order chi connectivity index (χ0) is 19.4. The number of nitrogens with zero attached hydrogens (tertiary/aromatic N) is 3. The van der Waals surface area contributed by atoms with Gasteiger partial charge in [0.05, 0.1) is 11.4 Å². The second-order valence-corrected chi connectivity index (χ2v) is 8.25. The van der Waals surface area contributed by atoms with Crippen molar-refractivity contribution >= 4 is 17.3 Å². The van der Waals surface area contributed by atoms with Crippen LogP contribution in [0, 0.1) is 0 Å². The van der Waals surface area contributed by atoms with Crippen LogP contribution < -0.4 is 9.80 Å². The molecule has 0 saturated heterocycles. The minimum absolute atomic E-state index is 0.185. The molecule has 1 aliphatic rings. The summed E-state index contributed by atoms with van der Waals surface area (Å²) in [5.41, 5.74) is 3.22. The van der Waals surface area contributed by atoms with Crippen LogP contribution in [0.1, 0.15) is 25.8 Å². The number of anilines is 2. The predicted molar refractivity (Wildman–Crippen MR) is 114 cm³/mol. The number of rotatable bonds is 6. The lowest BCUT2D eigenvalue weighted by Crippen LogP contribution is -2.47. The molecule has 0 radical (unpaired) electrons. The third-order valence-corrected chi connectivity index (χ3v) is 5.37. The van der Waals surface area contributed by atoms with Gasteiger partial charge in [-0.15, -0.1) is 0 Å². The maximum Gasteiger partial charge on any atom is 0.227 e. The highest BCUT2D eigenvalue weighted by Crippen LogP contribution is 2.35. The molecule has 0 bridgehead atoms. The Kier molecular flexibility index (Phi) is 5.85. The molecular formula is C23H31N3O. The van der Waals surface area contributed by atoms with E-state index in [1.54, 1.807) is 0 Å². The Bertz CT molecular complexity index is 770. The van der Waals surface area contributed by atoms with Gasteiger partial charge in [-0.3, -0.25) is 4.79 Å². The standard InChI is InChI=1S/C23H31N3O/c1-23(2,19-10-6-5-7-11-19)18-22(27)26-17-16-25(15-14-24(3)4)20-12-8-9-13-21(20)26/h5-13H,14-18H2,1-4H3. The van der Waals surface area contributed by atoms with Gasteiger partial charge >= 0.3 is 0 Å². The highest BCUT2D eigenvalue weighted by molar-refractivity contribution is 5.98. The molecule has 0 aromatic heterocycles. The van der Waals surface area contributed by atoms with E-state index in [4.69, 9.17) is 0 Å². The molecule has 2 aromatic carbocycles. The maximum absolute atomic E-state index is 13.2. The Morgan fingerprint density at radius 3 is 2.26 bits per heavy atom. The molecule has 4 nitrogen and oxygen atoms in total. The van der Waals surface area contributed by atoms with Crippen LogP contribution in [-0.2, 0) is 10.2 Å². The van der Waals surface area contributed by atoms with E-state index in [0.29, 0.717) is 6.42 Å². The molecule has 0 saturated carbocycles. The Morgan fingerprint density at radius 1 is 0.963 bits per heavy atom. The first-order chi connectivity index (χ1) is 12.9. The molecule has 3 rings (SSSR count). The highest BCUT2D eigenvalue weighted by atomic mass is 16.2. The molecule has 0 aliphatic carbocycles. The zero-order valence-electron chi connectivity index (χ0n) is 17.0. The third-order valence-electron chi connectivity index (χ3n) is 5.37. The van der Waals surface area contributed by atoms with Gasteiger partial charge in [0, 0.05) is 32.6 Å². The first-order valence-electron chi connectivity index (χ1n) is 9.73. The molecule has 1 aliphatic heterocycles. The van der Waals surface area contributed by atoms with Crippen molar-refractivity contribution in [2.45, 2.75) is 25.7 Å². The Labute approximate surface area is 163 Å². The maximum atomic E-state index is 13.2. The summed E-state index contributed by atoms with van der Waals surface area (Å²) in [6, 6.07) is 18.6. The van der Waals surface area contributed by atoms with Crippen LogP contribution in [0.25, 0.3) is 0 Å². The van der Waals surface area contributed by atoms with E-state index < -0.39 is 0 Å². The number of carbonyl (C=O) groups excluding carboxylic acids is 1. The zero-order valence-corrected chi connectivity index (χ0v) is 17.0. The quantitative estimate of drug-likeness (QED) is 0.780. The summed E-state index contributed by atoms with van der Waals surface area (Å²) in [5, 5.41) is 0. The largest absolute Gasteiger partial charge is 0.367 e. The molecular weight excluding hydrogens is 334 g/mol. The van der Waals surface area contributed by atoms with Gasteiger partial charge in [0.25, 0.3) is 0 Å². The molecule has 1 amide bonds. The molecule has 1 heterocycles. The van der Waals surface area contributed by atoms with Crippen molar-refractivity contribution in [1.29, 1.82) is 0 Å². The van der Waals surface area contributed by atoms with Gasteiger partial charge in [0.1, 0.15) is 0 Å². The van der Waals surface area contributed by atoms with Gasteiger partial charge in [-0.25, -0.2) is 0 Å². The van der Waals surface area contributed by atoms with Crippen molar-refractivity contribution in [3.63, 3.8) is 0 Å². The van der Waals surface area contributed by atoms with Crippen LogP contribution in [0.15, 0.2) is 54.6 Å². The molecule has 0 fully saturated rings. The number of benzene rings is 2. The topological polar surface area (TPSA) is 26.8 Å². The van der Waals surface area contributed by atoms with E-state index in [2.05, 4.69) is 68.1 Å². The van der Waals surface area contributed by atoms with Gasteiger partial charge in [-0.2, -0.15) is 0 Å². The monoisotopic (exact) mass is 365 g/mol. The average molecular weight is 366 g/mol. The number of hydrogen-bond donors (Lipinski definition) is 0. The lowest BCUT2D eigenvalue weighted by atomic mass is 9.81. The van der Waals surface area contributed by atoms with Crippen molar-refractivity contribution in [2.75, 3.05) is 50.1 Å². The smallest absolute Gasteiger partial charge is 0.227 e. The Hall–Kier alpha value is -2.33. The van der Waals surface area contributed by atoms with Gasteiger partial charge < -0.3 is 14.7 Å². The summed E-state index contributed by atoms with van der Waals surface area (Å²) >= 11 is 0. The molecule has 27 heavy (non-hydrogen) atoms. The fourth-order valence-corrected chi connectivity index (χ4v) is 3.70. The molecule has 0 spiro atoms. The molecule has 4 heteroatoms. The summed E-state index contributed by atoms with van der Waals surface area (Å²) in [5.74, 6) is 0.198. The molecule has 0 atom stereocenters. The number of carbonyl (C=O) groups is 1.